The SMILES string of the molecule is CC(=N)N=C(C)C(=N)C(N)=O. The molecule has 0 unspecified atom stereocenters. The van der Waals surface area contributed by atoms with E-state index in [-0.39, 0.29) is 17.3 Å². The zero-order valence-corrected chi connectivity index (χ0v) is 6.43. The first-order chi connectivity index (χ1) is 4.95. The van der Waals surface area contributed by atoms with Gasteiger partial charge in [0, 0.05) is 0 Å². The lowest BCUT2D eigenvalue weighted by molar-refractivity contribution is -0.111. The van der Waals surface area contributed by atoms with Gasteiger partial charge in [0.25, 0.3) is 5.91 Å². The molecule has 0 aliphatic carbocycles. The van der Waals surface area contributed by atoms with E-state index in [1.165, 1.54) is 13.8 Å². The first-order valence-electron chi connectivity index (χ1n) is 2.94. The second-order valence-electron chi connectivity index (χ2n) is 2.02. The molecule has 5 heteroatoms. The number of amidine groups is 1. The third kappa shape index (κ3) is 3.24. The Morgan fingerprint density at radius 3 is 2.09 bits per heavy atom. The van der Waals surface area contributed by atoms with Gasteiger partial charge in [-0.1, -0.05) is 0 Å². The maximum absolute atomic E-state index is 10.4. The quantitative estimate of drug-likeness (QED) is 0.376. The molecule has 0 rings (SSSR count). The Kier molecular flexibility index (Phi) is 3.10. The number of nitrogens with zero attached hydrogens (tertiary/aromatic N) is 1. The summed E-state index contributed by atoms with van der Waals surface area (Å²) in [6, 6.07) is 0. The van der Waals surface area contributed by atoms with Crippen LogP contribution >= 0.6 is 0 Å². The van der Waals surface area contributed by atoms with Crippen molar-refractivity contribution in [2.45, 2.75) is 13.8 Å². The average molecular weight is 154 g/mol. The Morgan fingerprint density at radius 1 is 1.36 bits per heavy atom. The second-order valence-corrected chi connectivity index (χ2v) is 2.02. The summed E-state index contributed by atoms with van der Waals surface area (Å²) in [5.74, 6) is -0.777. The Bertz CT molecular complexity index is 241. The molecular formula is C6H10N4O. The third-order valence-corrected chi connectivity index (χ3v) is 0.944. The zero-order valence-electron chi connectivity index (χ0n) is 6.43. The van der Waals surface area contributed by atoms with Gasteiger partial charge in [-0.3, -0.25) is 15.6 Å². The number of nitrogens with one attached hydrogen (secondary N) is 2. The summed E-state index contributed by atoms with van der Waals surface area (Å²) in [4.78, 5) is 13.9. The van der Waals surface area contributed by atoms with Gasteiger partial charge in [-0.25, -0.2) is 4.99 Å². The average Bonchev–Trinajstić information content (AvgIpc) is 1.84. The summed E-state index contributed by atoms with van der Waals surface area (Å²) < 4.78 is 0. The second kappa shape index (κ2) is 3.60. The number of hydrogen-bond donors (Lipinski definition) is 3. The van der Waals surface area contributed by atoms with Gasteiger partial charge in [0.2, 0.25) is 0 Å². The van der Waals surface area contributed by atoms with Crippen LogP contribution in [-0.2, 0) is 4.79 Å². The van der Waals surface area contributed by atoms with Crippen molar-refractivity contribution in [1.82, 2.24) is 0 Å². The molecule has 0 aliphatic heterocycles. The normalized spacial score (nSPS) is 10.9. The highest BCUT2D eigenvalue weighted by atomic mass is 16.1. The summed E-state index contributed by atoms with van der Waals surface area (Å²) in [5, 5.41) is 14.0. The number of nitrogens with two attached hydrogens (primary N) is 1. The minimum absolute atomic E-state index is 0.0495. The molecule has 0 heterocycles. The monoisotopic (exact) mass is 154 g/mol. The van der Waals surface area contributed by atoms with Crippen molar-refractivity contribution in [2.75, 3.05) is 0 Å². The molecule has 0 spiro atoms. The molecule has 0 aromatic rings. The van der Waals surface area contributed by atoms with Gasteiger partial charge in [0.05, 0.1) is 5.71 Å². The minimum Gasteiger partial charge on any atom is -0.364 e. The molecule has 0 aliphatic rings. The Morgan fingerprint density at radius 2 is 1.82 bits per heavy atom. The Labute approximate surface area is 64.3 Å². The molecule has 0 radical (unpaired) electrons. The van der Waals surface area contributed by atoms with Gasteiger partial charge in [-0.15, -0.1) is 0 Å². The largest absolute Gasteiger partial charge is 0.364 e. The molecule has 0 aromatic heterocycles. The number of primary amides is 1. The summed E-state index contributed by atoms with van der Waals surface area (Å²) in [7, 11) is 0. The molecule has 0 bridgehead atoms. The number of hydrogen-bond acceptors (Lipinski definition) is 3. The van der Waals surface area contributed by atoms with Gasteiger partial charge in [-0.2, -0.15) is 0 Å². The van der Waals surface area contributed by atoms with Crippen LogP contribution in [0.2, 0.25) is 0 Å². The van der Waals surface area contributed by atoms with Crippen molar-refractivity contribution in [3.63, 3.8) is 0 Å². The van der Waals surface area contributed by atoms with Crippen molar-refractivity contribution in [2.24, 2.45) is 10.7 Å². The van der Waals surface area contributed by atoms with Crippen LogP contribution in [-0.4, -0.2) is 23.2 Å². The Balaban J connectivity index is 4.49. The van der Waals surface area contributed by atoms with E-state index in [1.807, 2.05) is 0 Å². The van der Waals surface area contributed by atoms with Gasteiger partial charge < -0.3 is 5.73 Å². The minimum atomic E-state index is -0.826. The number of aliphatic imine (C=N–C) groups is 1. The summed E-state index contributed by atoms with van der Waals surface area (Å²) in [6.45, 7) is 2.92. The molecule has 60 valence electrons. The third-order valence-electron chi connectivity index (χ3n) is 0.944. The smallest absolute Gasteiger partial charge is 0.268 e. The van der Waals surface area contributed by atoms with Crippen LogP contribution in [0, 0.1) is 10.8 Å². The van der Waals surface area contributed by atoms with E-state index in [0.717, 1.165) is 0 Å². The topological polar surface area (TPSA) is 103 Å². The number of carbonyl (C=O) groups is 1. The fraction of sp³-hybridized carbons (Fsp3) is 0.333. The van der Waals surface area contributed by atoms with Crippen molar-refractivity contribution in [3.05, 3.63) is 0 Å². The van der Waals surface area contributed by atoms with Crippen molar-refractivity contribution in [3.8, 4) is 0 Å². The van der Waals surface area contributed by atoms with Crippen LogP contribution in [0.4, 0.5) is 0 Å². The zero-order chi connectivity index (χ0) is 9.02. The van der Waals surface area contributed by atoms with Crippen LogP contribution in [0.25, 0.3) is 0 Å². The molecule has 0 saturated heterocycles. The highest BCUT2D eigenvalue weighted by Crippen LogP contribution is 1.82. The molecule has 5 nitrogen and oxygen atoms in total. The Hall–Kier alpha value is -1.52. The van der Waals surface area contributed by atoms with E-state index in [4.69, 9.17) is 16.6 Å². The molecule has 0 saturated carbocycles. The molecule has 4 N–H and O–H groups in total. The lowest BCUT2D eigenvalue weighted by Crippen LogP contribution is -2.28. The maximum Gasteiger partial charge on any atom is 0.268 e. The van der Waals surface area contributed by atoms with Crippen LogP contribution in [0.15, 0.2) is 4.99 Å². The predicted octanol–water partition coefficient (Wildman–Crippen LogP) is -0.0505. The molecule has 1 amide bonds. The van der Waals surface area contributed by atoms with E-state index >= 15 is 0 Å². The van der Waals surface area contributed by atoms with Gasteiger partial charge in [0.1, 0.15) is 11.5 Å². The number of carbonyl (C=O) groups excluding carboxylic acids is 1. The highest BCUT2D eigenvalue weighted by Gasteiger charge is 2.07. The van der Waals surface area contributed by atoms with Crippen molar-refractivity contribution in [1.29, 1.82) is 10.8 Å². The summed E-state index contributed by atoms with van der Waals surface area (Å²) >= 11 is 0. The molecule has 0 fully saturated rings. The fourth-order valence-electron chi connectivity index (χ4n) is 0.486. The molecule has 11 heavy (non-hydrogen) atoms. The number of rotatable bonds is 2. The van der Waals surface area contributed by atoms with Crippen LogP contribution < -0.4 is 5.73 Å². The van der Waals surface area contributed by atoms with E-state index in [0.29, 0.717) is 0 Å². The van der Waals surface area contributed by atoms with Gasteiger partial charge >= 0.3 is 0 Å². The summed E-state index contributed by atoms with van der Waals surface area (Å²) in [6.07, 6.45) is 0. The molecule has 0 aromatic carbocycles. The molecule has 0 atom stereocenters. The number of amides is 1. The fourth-order valence-corrected chi connectivity index (χ4v) is 0.486. The van der Waals surface area contributed by atoms with Crippen LogP contribution in [0.1, 0.15) is 13.8 Å². The van der Waals surface area contributed by atoms with E-state index in [2.05, 4.69) is 4.99 Å². The maximum atomic E-state index is 10.4. The standard InChI is InChI=1S/C6H10N4O/c1-3(10-4(2)7)5(8)6(9)11/h7-8H,1-2H3,(H2,9,11). The summed E-state index contributed by atoms with van der Waals surface area (Å²) in [5.41, 5.74) is 4.62. The van der Waals surface area contributed by atoms with Crippen LogP contribution in [0.5, 0.6) is 0 Å². The van der Waals surface area contributed by atoms with E-state index in [1.54, 1.807) is 0 Å². The first kappa shape index (κ1) is 9.48. The predicted molar refractivity (Wildman–Crippen MR) is 43.4 cm³/mol. The van der Waals surface area contributed by atoms with Crippen LogP contribution in [0.3, 0.4) is 0 Å². The highest BCUT2D eigenvalue weighted by molar-refractivity contribution is 6.65. The van der Waals surface area contributed by atoms with Gasteiger partial charge in [0.15, 0.2) is 0 Å². The van der Waals surface area contributed by atoms with Gasteiger partial charge in [-0.05, 0) is 13.8 Å². The first-order valence-corrected chi connectivity index (χ1v) is 2.94. The van der Waals surface area contributed by atoms with Crippen molar-refractivity contribution < 1.29 is 4.79 Å². The lowest BCUT2D eigenvalue weighted by atomic mass is 10.2. The van der Waals surface area contributed by atoms with E-state index in [9.17, 15) is 4.79 Å². The van der Waals surface area contributed by atoms with E-state index < -0.39 is 5.91 Å². The van der Waals surface area contributed by atoms with Crippen molar-refractivity contribution >= 4 is 23.2 Å². The molecular weight excluding hydrogens is 144 g/mol. The lowest BCUT2D eigenvalue weighted by Gasteiger charge is -1.96.